The van der Waals surface area contributed by atoms with Crippen molar-refractivity contribution < 1.29 is 9.53 Å². The number of carbonyl (C=O) groups excluding carboxylic acids is 1. The molecule has 0 radical (unpaired) electrons. The van der Waals surface area contributed by atoms with E-state index >= 15 is 0 Å². The number of amides is 1. The van der Waals surface area contributed by atoms with E-state index in [2.05, 4.69) is 10.3 Å². The van der Waals surface area contributed by atoms with E-state index in [1.54, 1.807) is 7.11 Å². The lowest BCUT2D eigenvalue weighted by Gasteiger charge is -2.20. The van der Waals surface area contributed by atoms with E-state index in [0.717, 1.165) is 22.6 Å². The summed E-state index contributed by atoms with van der Waals surface area (Å²) in [6.45, 7) is 1.82. The minimum Gasteiger partial charge on any atom is -0.497 e. The van der Waals surface area contributed by atoms with Crippen LogP contribution in [0.1, 0.15) is 33.2 Å². The molecule has 4 aromatic rings. The molecule has 0 aliphatic heterocycles. The number of hydrogen-bond donors (Lipinski definition) is 1. The Bertz CT molecular complexity index is 1210. The Morgan fingerprint density at radius 3 is 2.48 bits per heavy atom. The zero-order valence-electron chi connectivity index (χ0n) is 16.0. The molecule has 7 heteroatoms. The van der Waals surface area contributed by atoms with Crippen molar-refractivity contribution in [3.05, 3.63) is 98.9 Å². The van der Waals surface area contributed by atoms with Crippen LogP contribution in [0.3, 0.4) is 0 Å². The maximum atomic E-state index is 13.0. The minimum atomic E-state index is -0.466. The third-order valence-corrected chi connectivity index (χ3v) is 5.68. The number of fused-ring (bicyclic) bond motifs is 1. The second kappa shape index (κ2) is 7.89. The van der Waals surface area contributed by atoms with Crippen LogP contribution >= 0.6 is 11.3 Å². The maximum Gasteiger partial charge on any atom is 0.271 e. The van der Waals surface area contributed by atoms with E-state index in [0.29, 0.717) is 4.96 Å². The summed E-state index contributed by atoms with van der Waals surface area (Å²) in [5, 5.41) is 4.83. The van der Waals surface area contributed by atoms with Crippen LogP contribution < -0.4 is 15.6 Å². The lowest BCUT2D eigenvalue weighted by Crippen LogP contribution is -2.34. The summed E-state index contributed by atoms with van der Waals surface area (Å²) < 4.78 is 6.69. The van der Waals surface area contributed by atoms with Crippen LogP contribution in [0, 0.1) is 6.92 Å². The van der Waals surface area contributed by atoms with E-state index < -0.39 is 11.9 Å². The number of thiazole rings is 1. The molecule has 0 spiro atoms. The fraction of sp³-hybridized carbons (Fsp3) is 0.136. The summed E-state index contributed by atoms with van der Waals surface area (Å²) in [5.41, 5.74) is 2.19. The van der Waals surface area contributed by atoms with Gasteiger partial charge in [0.1, 0.15) is 11.3 Å². The molecule has 1 atom stereocenters. The molecule has 146 valence electrons. The minimum absolute atomic E-state index is 0.0124. The van der Waals surface area contributed by atoms with Crippen molar-refractivity contribution in [3.63, 3.8) is 0 Å². The fourth-order valence-corrected chi connectivity index (χ4v) is 4.02. The molecule has 29 heavy (non-hydrogen) atoms. The number of ether oxygens (including phenoxy) is 1. The topological polar surface area (TPSA) is 72.7 Å². The van der Waals surface area contributed by atoms with Gasteiger partial charge in [0.2, 0.25) is 0 Å². The monoisotopic (exact) mass is 405 g/mol. The number of nitrogens with zero attached hydrogens (tertiary/aromatic N) is 2. The average Bonchev–Trinajstić information content (AvgIpc) is 3.14. The summed E-state index contributed by atoms with van der Waals surface area (Å²) in [4.78, 5) is 30.7. The van der Waals surface area contributed by atoms with Gasteiger partial charge in [-0.3, -0.25) is 14.0 Å². The summed E-state index contributed by atoms with van der Waals surface area (Å²) in [6, 6.07) is 16.7. The molecule has 2 aromatic heterocycles. The predicted molar refractivity (Wildman–Crippen MR) is 113 cm³/mol. The second-order valence-corrected chi connectivity index (χ2v) is 7.40. The molecule has 2 heterocycles. The van der Waals surface area contributed by atoms with Crippen molar-refractivity contribution in [3.8, 4) is 5.75 Å². The molecule has 4 rings (SSSR count). The highest BCUT2D eigenvalue weighted by Crippen LogP contribution is 2.24. The zero-order valence-corrected chi connectivity index (χ0v) is 16.8. The van der Waals surface area contributed by atoms with Gasteiger partial charge >= 0.3 is 0 Å². The van der Waals surface area contributed by atoms with Gasteiger partial charge < -0.3 is 10.1 Å². The van der Waals surface area contributed by atoms with E-state index in [1.807, 2.05) is 66.9 Å². The van der Waals surface area contributed by atoms with Gasteiger partial charge in [0, 0.05) is 17.3 Å². The molecule has 0 aliphatic rings. The van der Waals surface area contributed by atoms with Gasteiger partial charge in [-0.15, -0.1) is 11.3 Å². The standard InChI is InChI=1S/C22H19N3O3S/c1-14-13-29-22-23-12-18(21(27)25(14)22)20(26)24-19(15-6-4-3-5-7-15)16-8-10-17(28-2)11-9-16/h3-13,19H,1-2H3,(H,24,26)/t19-/m0/s1. The van der Waals surface area contributed by atoms with Crippen molar-refractivity contribution in [1.29, 1.82) is 0 Å². The average molecular weight is 405 g/mol. The number of aryl methyl sites for hydroxylation is 1. The number of methoxy groups -OCH3 is 1. The van der Waals surface area contributed by atoms with Gasteiger partial charge in [0.25, 0.3) is 11.5 Å². The molecule has 0 aliphatic carbocycles. The Hall–Kier alpha value is -3.45. The van der Waals surface area contributed by atoms with E-state index in [1.165, 1.54) is 21.9 Å². The first kappa shape index (κ1) is 18.9. The molecule has 2 aromatic carbocycles. The molecule has 0 unspecified atom stereocenters. The Kier molecular flexibility index (Phi) is 5.14. The SMILES string of the molecule is COc1ccc([C@@H](NC(=O)c2cnc3scc(C)n3c2=O)c2ccccc2)cc1. The third-order valence-electron chi connectivity index (χ3n) is 4.72. The smallest absolute Gasteiger partial charge is 0.271 e. The summed E-state index contributed by atoms with van der Waals surface area (Å²) in [5.74, 6) is 0.264. The van der Waals surface area contributed by atoms with Crippen LogP contribution in [-0.2, 0) is 0 Å². The number of rotatable bonds is 5. The first-order valence-electron chi connectivity index (χ1n) is 9.04. The van der Waals surface area contributed by atoms with E-state index in [4.69, 9.17) is 4.74 Å². The van der Waals surface area contributed by atoms with Crippen LogP contribution in [0.4, 0.5) is 0 Å². The lowest BCUT2D eigenvalue weighted by atomic mass is 9.98. The summed E-state index contributed by atoms with van der Waals surface area (Å²) in [7, 11) is 1.61. The summed E-state index contributed by atoms with van der Waals surface area (Å²) >= 11 is 1.37. The van der Waals surface area contributed by atoms with Gasteiger partial charge in [-0.1, -0.05) is 42.5 Å². The lowest BCUT2D eigenvalue weighted by molar-refractivity contribution is 0.0941. The van der Waals surface area contributed by atoms with Gasteiger partial charge in [-0.25, -0.2) is 4.98 Å². The first-order chi connectivity index (χ1) is 14.1. The Morgan fingerprint density at radius 1 is 1.10 bits per heavy atom. The van der Waals surface area contributed by atoms with Crippen LogP contribution in [0.25, 0.3) is 4.96 Å². The number of nitrogens with one attached hydrogen (secondary N) is 1. The van der Waals surface area contributed by atoms with Gasteiger partial charge in [-0.2, -0.15) is 0 Å². The van der Waals surface area contributed by atoms with Crippen molar-refractivity contribution in [2.75, 3.05) is 7.11 Å². The Balaban J connectivity index is 1.72. The molecule has 0 saturated heterocycles. The van der Waals surface area contributed by atoms with E-state index in [9.17, 15) is 9.59 Å². The molecule has 0 saturated carbocycles. The van der Waals surface area contributed by atoms with Crippen LogP contribution in [0.5, 0.6) is 5.75 Å². The number of aromatic nitrogens is 2. The quantitative estimate of drug-likeness (QED) is 0.551. The van der Waals surface area contributed by atoms with Crippen molar-refractivity contribution in [2.45, 2.75) is 13.0 Å². The van der Waals surface area contributed by atoms with Crippen molar-refractivity contribution in [1.82, 2.24) is 14.7 Å². The Morgan fingerprint density at radius 2 is 1.79 bits per heavy atom. The fourth-order valence-electron chi connectivity index (χ4n) is 3.19. The molecular formula is C22H19N3O3S. The normalized spacial score (nSPS) is 11.9. The largest absolute Gasteiger partial charge is 0.497 e. The maximum absolute atomic E-state index is 13.0. The molecule has 0 fully saturated rings. The molecular weight excluding hydrogens is 386 g/mol. The van der Waals surface area contributed by atoms with Gasteiger partial charge in [-0.05, 0) is 30.2 Å². The van der Waals surface area contributed by atoms with Crippen molar-refractivity contribution in [2.24, 2.45) is 0 Å². The highest BCUT2D eigenvalue weighted by atomic mass is 32.1. The van der Waals surface area contributed by atoms with Crippen LogP contribution in [0.15, 0.2) is 71.0 Å². The highest BCUT2D eigenvalue weighted by Gasteiger charge is 2.21. The molecule has 0 bridgehead atoms. The highest BCUT2D eigenvalue weighted by molar-refractivity contribution is 7.15. The number of benzene rings is 2. The molecule has 1 amide bonds. The van der Waals surface area contributed by atoms with E-state index in [-0.39, 0.29) is 11.1 Å². The second-order valence-electron chi connectivity index (χ2n) is 6.56. The van der Waals surface area contributed by atoms with Gasteiger partial charge in [0.05, 0.1) is 13.2 Å². The van der Waals surface area contributed by atoms with Crippen molar-refractivity contribution >= 4 is 22.2 Å². The van der Waals surface area contributed by atoms with Gasteiger partial charge in [0.15, 0.2) is 4.96 Å². The third kappa shape index (κ3) is 3.64. The Labute approximate surface area is 171 Å². The zero-order chi connectivity index (χ0) is 20.4. The first-order valence-corrected chi connectivity index (χ1v) is 9.92. The van der Waals surface area contributed by atoms with Crippen LogP contribution in [0.2, 0.25) is 0 Å². The number of carbonyl (C=O) groups is 1. The predicted octanol–water partition coefficient (Wildman–Crippen LogP) is 3.59. The molecule has 6 nitrogen and oxygen atoms in total. The number of hydrogen-bond acceptors (Lipinski definition) is 5. The molecule has 1 N–H and O–H groups in total. The van der Waals surface area contributed by atoms with Crippen LogP contribution in [-0.4, -0.2) is 22.4 Å². The summed E-state index contributed by atoms with van der Waals surface area (Å²) in [6.07, 6.45) is 1.35.